The highest BCUT2D eigenvalue weighted by atomic mass is 16.6. The lowest BCUT2D eigenvalue weighted by atomic mass is 9.94. The molecule has 0 spiro atoms. The van der Waals surface area contributed by atoms with Crippen LogP contribution >= 0.6 is 0 Å². The van der Waals surface area contributed by atoms with Crippen molar-refractivity contribution in [1.82, 2.24) is 9.55 Å². The Morgan fingerprint density at radius 1 is 1.31 bits per heavy atom. The molecule has 0 bridgehead atoms. The molecule has 0 radical (unpaired) electrons. The molecule has 2 aromatic rings. The van der Waals surface area contributed by atoms with Crippen LogP contribution < -0.4 is 0 Å². The van der Waals surface area contributed by atoms with Gasteiger partial charge in [-0.3, -0.25) is 10.1 Å². The predicted molar refractivity (Wildman–Crippen MR) is 101 cm³/mol. The van der Waals surface area contributed by atoms with Crippen molar-refractivity contribution >= 4 is 5.69 Å². The number of non-ortho nitro benzene ring substituents is 1. The molecule has 1 aliphatic heterocycles. The molecule has 2 heterocycles. The molecule has 0 aliphatic carbocycles. The number of rotatable bonds is 5. The van der Waals surface area contributed by atoms with Crippen molar-refractivity contribution < 1.29 is 9.66 Å². The second-order valence-corrected chi connectivity index (χ2v) is 8.05. The largest absolute Gasteiger partial charge is 0.381 e. The third kappa shape index (κ3) is 4.30. The Kier molecular flexibility index (Phi) is 5.41. The van der Waals surface area contributed by atoms with Gasteiger partial charge in [0.25, 0.3) is 5.69 Å². The quantitative estimate of drug-likeness (QED) is 0.580. The van der Waals surface area contributed by atoms with Gasteiger partial charge in [-0.2, -0.15) is 0 Å². The minimum atomic E-state index is -0.365. The number of hydrogen-bond acceptors (Lipinski definition) is 4. The zero-order valence-corrected chi connectivity index (χ0v) is 15.8. The molecule has 0 saturated carbocycles. The first-order chi connectivity index (χ1) is 12.3. The molecule has 1 aliphatic rings. The van der Waals surface area contributed by atoms with E-state index < -0.39 is 0 Å². The van der Waals surface area contributed by atoms with E-state index in [0.29, 0.717) is 5.92 Å². The van der Waals surface area contributed by atoms with E-state index in [4.69, 9.17) is 9.72 Å². The lowest BCUT2D eigenvalue weighted by Gasteiger charge is -2.24. The van der Waals surface area contributed by atoms with E-state index in [0.717, 1.165) is 56.1 Å². The lowest BCUT2D eigenvalue weighted by Crippen LogP contribution is -2.21. The minimum absolute atomic E-state index is 0.0887. The van der Waals surface area contributed by atoms with E-state index in [9.17, 15) is 10.1 Å². The second-order valence-electron chi connectivity index (χ2n) is 8.05. The third-order valence-electron chi connectivity index (χ3n) is 4.92. The molecule has 6 heteroatoms. The standard InChI is InChI=1S/C20H27N3O3/c1-20(2,3)19-21-18(16-5-4-6-17(13-16)23(24)25)14-22(19)10-7-15-8-11-26-12-9-15/h4-6,13-15H,7-12H2,1-3H3. The van der Waals surface area contributed by atoms with E-state index in [1.54, 1.807) is 12.1 Å². The number of nitrogens with zero attached hydrogens (tertiary/aromatic N) is 3. The predicted octanol–water partition coefficient (Wildman–Crippen LogP) is 4.57. The van der Waals surface area contributed by atoms with Crippen molar-refractivity contribution in [3.8, 4) is 11.3 Å². The number of ether oxygens (including phenoxy) is 1. The molecule has 1 aromatic carbocycles. The Hall–Kier alpha value is -2.21. The Bertz CT molecular complexity index is 771. The zero-order chi connectivity index (χ0) is 18.7. The summed E-state index contributed by atoms with van der Waals surface area (Å²) in [7, 11) is 0. The van der Waals surface area contributed by atoms with Crippen LogP contribution in [0, 0.1) is 16.0 Å². The number of benzene rings is 1. The first kappa shape index (κ1) is 18.6. The van der Waals surface area contributed by atoms with Crippen LogP contribution in [0.5, 0.6) is 0 Å². The zero-order valence-electron chi connectivity index (χ0n) is 15.8. The van der Waals surface area contributed by atoms with Crippen molar-refractivity contribution in [2.45, 2.75) is 52.0 Å². The number of imidazole rings is 1. The van der Waals surface area contributed by atoms with Gasteiger partial charge >= 0.3 is 0 Å². The van der Waals surface area contributed by atoms with Gasteiger partial charge in [0, 0.05) is 49.1 Å². The van der Waals surface area contributed by atoms with E-state index in [-0.39, 0.29) is 16.0 Å². The Labute approximate surface area is 154 Å². The van der Waals surface area contributed by atoms with Crippen LogP contribution in [-0.2, 0) is 16.7 Å². The first-order valence-electron chi connectivity index (χ1n) is 9.25. The van der Waals surface area contributed by atoms with Crippen LogP contribution in [0.25, 0.3) is 11.3 Å². The van der Waals surface area contributed by atoms with Crippen LogP contribution in [0.3, 0.4) is 0 Å². The number of aryl methyl sites for hydroxylation is 1. The highest BCUT2D eigenvalue weighted by Gasteiger charge is 2.23. The van der Waals surface area contributed by atoms with Crippen molar-refractivity contribution in [3.63, 3.8) is 0 Å². The first-order valence-corrected chi connectivity index (χ1v) is 9.25. The van der Waals surface area contributed by atoms with Gasteiger partial charge < -0.3 is 9.30 Å². The van der Waals surface area contributed by atoms with Gasteiger partial charge in [0.1, 0.15) is 5.82 Å². The smallest absolute Gasteiger partial charge is 0.270 e. The molecule has 0 atom stereocenters. The van der Waals surface area contributed by atoms with E-state index in [1.807, 2.05) is 12.3 Å². The molecule has 26 heavy (non-hydrogen) atoms. The normalized spacial score (nSPS) is 16.0. The van der Waals surface area contributed by atoms with E-state index in [1.165, 1.54) is 6.07 Å². The van der Waals surface area contributed by atoms with E-state index >= 15 is 0 Å². The van der Waals surface area contributed by atoms with Gasteiger partial charge in [-0.25, -0.2) is 4.98 Å². The van der Waals surface area contributed by atoms with Crippen LogP contribution in [0.1, 0.15) is 45.9 Å². The van der Waals surface area contributed by atoms with Gasteiger partial charge in [0.15, 0.2) is 0 Å². The molecule has 0 amide bonds. The maximum atomic E-state index is 11.1. The van der Waals surface area contributed by atoms with Gasteiger partial charge in [-0.15, -0.1) is 0 Å². The Morgan fingerprint density at radius 2 is 2.04 bits per heavy atom. The summed E-state index contributed by atoms with van der Waals surface area (Å²) in [5.74, 6) is 1.71. The average molecular weight is 357 g/mol. The molecule has 1 saturated heterocycles. The summed E-state index contributed by atoms with van der Waals surface area (Å²) in [6.45, 7) is 9.09. The molecule has 1 fully saturated rings. The summed E-state index contributed by atoms with van der Waals surface area (Å²) in [5, 5.41) is 11.1. The summed E-state index contributed by atoms with van der Waals surface area (Å²) < 4.78 is 7.67. The fourth-order valence-electron chi connectivity index (χ4n) is 3.46. The van der Waals surface area contributed by atoms with Crippen LogP contribution in [0.15, 0.2) is 30.5 Å². The van der Waals surface area contributed by atoms with Crippen molar-refractivity contribution in [2.24, 2.45) is 5.92 Å². The molecule has 3 rings (SSSR count). The van der Waals surface area contributed by atoms with Crippen LogP contribution in [0.2, 0.25) is 0 Å². The maximum absolute atomic E-state index is 11.1. The van der Waals surface area contributed by atoms with E-state index in [2.05, 4.69) is 25.3 Å². The summed E-state index contributed by atoms with van der Waals surface area (Å²) in [6.07, 6.45) is 5.39. The van der Waals surface area contributed by atoms with Crippen molar-refractivity contribution in [1.29, 1.82) is 0 Å². The minimum Gasteiger partial charge on any atom is -0.381 e. The van der Waals surface area contributed by atoms with Crippen molar-refractivity contribution in [2.75, 3.05) is 13.2 Å². The van der Waals surface area contributed by atoms with Crippen molar-refractivity contribution in [3.05, 3.63) is 46.4 Å². The summed E-state index contributed by atoms with van der Waals surface area (Å²) >= 11 is 0. The molecule has 140 valence electrons. The van der Waals surface area contributed by atoms with Crippen LogP contribution in [0.4, 0.5) is 5.69 Å². The Balaban J connectivity index is 1.86. The summed E-state index contributed by atoms with van der Waals surface area (Å²) in [4.78, 5) is 15.5. The Morgan fingerprint density at radius 3 is 2.69 bits per heavy atom. The van der Waals surface area contributed by atoms with Gasteiger partial charge in [0.05, 0.1) is 10.6 Å². The number of nitro groups is 1. The molecule has 1 aromatic heterocycles. The van der Waals surface area contributed by atoms with Crippen LogP contribution in [-0.4, -0.2) is 27.7 Å². The average Bonchev–Trinajstić information content (AvgIpc) is 3.06. The fourth-order valence-corrected chi connectivity index (χ4v) is 3.46. The summed E-state index contributed by atoms with van der Waals surface area (Å²) in [6, 6.07) is 6.70. The number of hydrogen-bond donors (Lipinski definition) is 0. The van der Waals surface area contributed by atoms with Gasteiger partial charge in [0.2, 0.25) is 0 Å². The maximum Gasteiger partial charge on any atom is 0.270 e. The third-order valence-corrected chi connectivity index (χ3v) is 4.92. The monoisotopic (exact) mass is 357 g/mol. The SMILES string of the molecule is CC(C)(C)c1nc(-c2cccc([N+](=O)[O-])c2)cn1CCC1CCOCC1. The highest BCUT2D eigenvalue weighted by Crippen LogP contribution is 2.29. The topological polar surface area (TPSA) is 70.2 Å². The molecular formula is C20H27N3O3. The number of nitro benzene ring substituents is 1. The summed E-state index contributed by atoms with van der Waals surface area (Å²) in [5.41, 5.74) is 1.59. The number of aromatic nitrogens is 2. The molecule has 6 nitrogen and oxygen atoms in total. The molecule has 0 unspecified atom stereocenters. The molecule has 0 N–H and O–H groups in total. The lowest BCUT2D eigenvalue weighted by molar-refractivity contribution is -0.384. The fraction of sp³-hybridized carbons (Fsp3) is 0.550. The highest BCUT2D eigenvalue weighted by molar-refractivity contribution is 5.62. The second kappa shape index (κ2) is 7.58. The van der Waals surface area contributed by atoms with Gasteiger partial charge in [-0.05, 0) is 25.2 Å². The molecular weight excluding hydrogens is 330 g/mol. The van der Waals surface area contributed by atoms with Gasteiger partial charge in [-0.1, -0.05) is 32.9 Å².